The van der Waals surface area contributed by atoms with Crippen LogP contribution >= 0.6 is 0 Å². The second kappa shape index (κ2) is 4.67. The number of rotatable bonds is 4. The summed E-state index contributed by atoms with van der Waals surface area (Å²) in [6.45, 7) is 0.469. The second-order valence-corrected chi connectivity index (χ2v) is 3.26. The van der Waals surface area contributed by atoms with Gasteiger partial charge in [0.05, 0.1) is 25.5 Å². The van der Waals surface area contributed by atoms with E-state index in [2.05, 4.69) is 5.10 Å². The Balaban J connectivity index is 2.08. The molecule has 84 valence electrons. The molecule has 0 radical (unpaired) electrons. The fraction of sp³-hybridized carbons (Fsp3) is 0.182. The topological polar surface area (TPSA) is 67.5 Å². The Kier molecular flexibility index (Phi) is 3.07. The van der Waals surface area contributed by atoms with Crippen molar-refractivity contribution >= 4 is 0 Å². The monoisotopic (exact) mass is 220 g/mol. The minimum absolute atomic E-state index is 0.0350. The molecule has 0 unspecified atom stereocenters. The lowest BCUT2D eigenvalue weighted by Crippen LogP contribution is -2.01. The molecule has 0 fully saturated rings. The van der Waals surface area contributed by atoms with Crippen molar-refractivity contribution in [2.24, 2.45) is 0 Å². The van der Waals surface area contributed by atoms with Crippen molar-refractivity contribution in [2.45, 2.75) is 6.54 Å². The zero-order chi connectivity index (χ0) is 11.4. The molecule has 1 aromatic heterocycles. The number of aromatic hydroxyl groups is 1. The van der Waals surface area contributed by atoms with Crippen LogP contribution in [0.1, 0.15) is 0 Å². The number of aliphatic hydroxyl groups is 1. The maximum Gasteiger partial charge on any atom is 0.165 e. The average molecular weight is 220 g/mol. The third kappa shape index (κ3) is 2.52. The van der Waals surface area contributed by atoms with Crippen LogP contribution in [0.25, 0.3) is 0 Å². The van der Waals surface area contributed by atoms with Gasteiger partial charge in [0.2, 0.25) is 0 Å². The number of hydrogen-bond donors (Lipinski definition) is 2. The van der Waals surface area contributed by atoms with Crippen LogP contribution in [-0.4, -0.2) is 26.6 Å². The first-order valence-electron chi connectivity index (χ1n) is 4.88. The van der Waals surface area contributed by atoms with Crippen molar-refractivity contribution in [2.75, 3.05) is 6.61 Å². The number of phenolic OH excluding ortho intramolecular Hbond substituents is 1. The second-order valence-electron chi connectivity index (χ2n) is 3.26. The minimum Gasteiger partial charge on any atom is -0.508 e. The van der Waals surface area contributed by atoms with Gasteiger partial charge in [-0.3, -0.25) is 4.68 Å². The molecule has 5 nitrogen and oxygen atoms in total. The van der Waals surface area contributed by atoms with E-state index in [1.54, 1.807) is 35.3 Å². The summed E-state index contributed by atoms with van der Waals surface area (Å²) in [6.07, 6.45) is 3.24. The number of nitrogens with zero attached hydrogens (tertiary/aromatic N) is 2. The quantitative estimate of drug-likeness (QED) is 0.816. The highest BCUT2D eigenvalue weighted by molar-refractivity contribution is 5.34. The summed E-state index contributed by atoms with van der Waals surface area (Å²) < 4.78 is 7.04. The molecule has 5 heteroatoms. The van der Waals surface area contributed by atoms with E-state index >= 15 is 0 Å². The lowest BCUT2D eigenvalue weighted by molar-refractivity contribution is 0.269. The van der Waals surface area contributed by atoms with Crippen LogP contribution in [0.3, 0.4) is 0 Å². The van der Waals surface area contributed by atoms with Gasteiger partial charge in [0, 0.05) is 6.07 Å². The molecule has 16 heavy (non-hydrogen) atoms. The molecule has 1 heterocycles. The standard InChI is InChI=1S/C11H12N2O3/c14-5-4-13-8-11(7-12-13)16-10-3-1-2-9(15)6-10/h1-3,6-8,14-15H,4-5H2. The number of aromatic nitrogens is 2. The van der Waals surface area contributed by atoms with Crippen LogP contribution in [0.2, 0.25) is 0 Å². The zero-order valence-electron chi connectivity index (χ0n) is 8.58. The highest BCUT2D eigenvalue weighted by Crippen LogP contribution is 2.23. The Morgan fingerprint density at radius 2 is 2.19 bits per heavy atom. The van der Waals surface area contributed by atoms with Gasteiger partial charge in [0.25, 0.3) is 0 Å². The third-order valence-corrected chi connectivity index (χ3v) is 1.99. The van der Waals surface area contributed by atoms with Gasteiger partial charge in [-0.25, -0.2) is 0 Å². The molecule has 0 spiro atoms. The Morgan fingerprint density at radius 3 is 2.94 bits per heavy atom. The Labute approximate surface area is 92.5 Å². The summed E-state index contributed by atoms with van der Waals surface area (Å²) >= 11 is 0. The van der Waals surface area contributed by atoms with Crippen LogP contribution in [-0.2, 0) is 6.54 Å². The van der Waals surface area contributed by atoms with Crippen LogP contribution in [0, 0.1) is 0 Å². The van der Waals surface area contributed by atoms with Crippen molar-refractivity contribution in [3.63, 3.8) is 0 Å². The van der Waals surface area contributed by atoms with Gasteiger partial charge in [-0.05, 0) is 12.1 Å². The Morgan fingerprint density at radius 1 is 1.31 bits per heavy atom. The molecule has 2 rings (SSSR count). The molecule has 0 aliphatic carbocycles. The van der Waals surface area contributed by atoms with Crippen LogP contribution in [0.4, 0.5) is 0 Å². The molecule has 0 saturated heterocycles. The van der Waals surface area contributed by atoms with Crippen molar-refractivity contribution < 1.29 is 14.9 Å². The average Bonchev–Trinajstić information content (AvgIpc) is 2.66. The molecular formula is C11H12N2O3. The van der Waals surface area contributed by atoms with Gasteiger partial charge in [-0.15, -0.1) is 0 Å². The molecule has 0 atom stereocenters. The van der Waals surface area contributed by atoms with Gasteiger partial charge in [0.1, 0.15) is 11.5 Å². The summed E-state index contributed by atoms with van der Waals surface area (Å²) in [7, 11) is 0. The van der Waals surface area contributed by atoms with E-state index in [4.69, 9.17) is 9.84 Å². The molecule has 0 saturated carbocycles. The molecule has 1 aromatic carbocycles. The van der Waals surface area contributed by atoms with Gasteiger partial charge in [0.15, 0.2) is 5.75 Å². The molecule has 0 amide bonds. The van der Waals surface area contributed by atoms with Crippen molar-refractivity contribution in [3.05, 3.63) is 36.7 Å². The predicted molar refractivity (Wildman–Crippen MR) is 57.5 cm³/mol. The molecule has 2 N–H and O–H groups in total. The van der Waals surface area contributed by atoms with Crippen molar-refractivity contribution in [3.8, 4) is 17.2 Å². The molecule has 0 bridgehead atoms. The number of phenols is 1. The van der Waals surface area contributed by atoms with E-state index in [0.29, 0.717) is 18.0 Å². The van der Waals surface area contributed by atoms with Gasteiger partial charge >= 0.3 is 0 Å². The first kappa shape index (κ1) is 10.5. The van der Waals surface area contributed by atoms with E-state index in [0.717, 1.165) is 0 Å². The summed E-state index contributed by atoms with van der Waals surface area (Å²) in [6, 6.07) is 6.53. The molecule has 2 aromatic rings. The Bertz CT molecular complexity index is 468. The van der Waals surface area contributed by atoms with Crippen LogP contribution in [0.15, 0.2) is 36.7 Å². The van der Waals surface area contributed by atoms with E-state index in [-0.39, 0.29) is 12.4 Å². The highest BCUT2D eigenvalue weighted by atomic mass is 16.5. The summed E-state index contributed by atoms with van der Waals surface area (Å²) in [4.78, 5) is 0. The van der Waals surface area contributed by atoms with Gasteiger partial charge < -0.3 is 14.9 Å². The van der Waals surface area contributed by atoms with E-state index in [9.17, 15) is 5.11 Å². The Hall–Kier alpha value is -2.01. The maximum atomic E-state index is 9.25. The number of ether oxygens (including phenoxy) is 1. The number of aliphatic hydroxyl groups excluding tert-OH is 1. The predicted octanol–water partition coefficient (Wildman–Crippen LogP) is 1.37. The van der Waals surface area contributed by atoms with Crippen LogP contribution < -0.4 is 4.74 Å². The summed E-state index contributed by atoms with van der Waals surface area (Å²) in [5.74, 6) is 1.27. The normalized spacial score (nSPS) is 10.3. The fourth-order valence-electron chi connectivity index (χ4n) is 1.31. The van der Waals surface area contributed by atoms with E-state index < -0.39 is 0 Å². The SMILES string of the molecule is OCCn1cc(Oc2cccc(O)c2)cn1. The molecule has 0 aliphatic heterocycles. The largest absolute Gasteiger partial charge is 0.508 e. The van der Waals surface area contributed by atoms with Gasteiger partial charge in [-0.1, -0.05) is 6.07 Å². The summed E-state index contributed by atoms with van der Waals surface area (Å²) in [5, 5.41) is 22.0. The highest BCUT2D eigenvalue weighted by Gasteiger charge is 2.01. The summed E-state index contributed by atoms with van der Waals surface area (Å²) in [5.41, 5.74) is 0. The van der Waals surface area contributed by atoms with E-state index in [1.807, 2.05) is 0 Å². The lowest BCUT2D eigenvalue weighted by atomic mass is 10.3. The fourth-order valence-corrected chi connectivity index (χ4v) is 1.31. The molecule has 0 aliphatic rings. The first-order chi connectivity index (χ1) is 7.78. The smallest absolute Gasteiger partial charge is 0.165 e. The van der Waals surface area contributed by atoms with Gasteiger partial charge in [-0.2, -0.15) is 5.10 Å². The van der Waals surface area contributed by atoms with E-state index in [1.165, 1.54) is 6.07 Å². The lowest BCUT2D eigenvalue weighted by Gasteiger charge is -2.02. The first-order valence-corrected chi connectivity index (χ1v) is 4.88. The van der Waals surface area contributed by atoms with Crippen molar-refractivity contribution in [1.29, 1.82) is 0 Å². The molecular weight excluding hydrogens is 208 g/mol. The minimum atomic E-state index is 0.0350. The third-order valence-electron chi connectivity index (χ3n) is 1.99. The number of benzene rings is 1. The maximum absolute atomic E-state index is 9.25. The van der Waals surface area contributed by atoms with Crippen LogP contribution in [0.5, 0.6) is 17.2 Å². The van der Waals surface area contributed by atoms with Crippen molar-refractivity contribution in [1.82, 2.24) is 9.78 Å². The zero-order valence-corrected chi connectivity index (χ0v) is 8.58. The number of hydrogen-bond acceptors (Lipinski definition) is 4.